The third kappa shape index (κ3) is 7.57. The van der Waals surface area contributed by atoms with Crippen LogP contribution in [0.4, 0.5) is 5.13 Å². The van der Waals surface area contributed by atoms with Crippen molar-refractivity contribution in [3.05, 3.63) is 64.0 Å². The van der Waals surface area contributed by atoms with E-state index in [1.807, 2.05) is 31.7 Å². The Morgan fingerprint density at radius 2 is 1.72 bits per heavy atom. The zero-order valence-electron chi connectivity index (χ0n) is 26.1. The Labute approximate surface area is 259 Å². The monoisotopic (exact) mass is 604 g/mol. The summed E-state index contributed by atoms with van der Waals surface area (Å²) >= 11 is 1.60. The smallest absolute Gasteiger partial charge is 0.306 e. The van der Waals surface area contributed by atoms with E-state index in [1.54, 1.807) is 11.3 Å². The number of piperidine rings is 1. The van der Waals surface area contributed by atoms with E-state index in [2.05, 4.69) is 59.4 Å². The number of nitrogens with zero attached hydrogens (tertiary/aromatic N) is 4. The van der Waals surface area contributed by atoms with E-state index in [1.165, 1.54) is 11.1 Å². The first-order valence-electron chi connectivity index (χ1n) is 15.2. The third-order valence-electron chi connectivity index (χ3n) is 8.52. The Kier molecular flexibility index (Phi) is 9.42. The van der Waals surface area contributed by atoms with E-state index in [-0.39, 0.29) is 17.2 Å². The van der Waals surface area contributed by atoms with Crippen LogP contribution in [0, 0.1) is 25.2 Å². The fraction of sp³-hybridized carbons (Fsp3) is 0.500. The van der Waals surface area contributed by atoms with Crippen molar-refractivity contribution in [1.29, 1.82) is 0 Å². The van der Waals surface area contributed by atoms with Crippen molar-refractivity contribution in [3.63, 3.8) is 0 Å². The van der Waals surface area contributed by atoms with Crippen LogP contribution in [0.1, 0.15) is 55.9 Å². The number of anilines is 1. The van der Waals surface area contributed by atoms with Crippen molar-refractivity contribution in [2.24, 2.45) is 11.3 Å². The quantitative estimate of drug-likeness (QED) is 0.338. The Balaban J connectivity index is 1.20. The van der Waals surface area contributed by atoms with Gasteiger partial charge in [-0.05, 0) is 55.5 Å². The number of aromatic nitrogens is 1. The maximum absolute atomic E-state index is 12.6. The minimum Gasteiger partial charge on any atom is -0.488 e. The molecule has 5 rings (SSSR count). The summed E-state index contributed by atoms with van der Waals surface area (Å²) in [5.41, 5.74) is 6.29. The van der Waals surface area contributed by atoms with E-state index < -0.39 is 5.97 Å². The lowest BCUT2D eigenvalue weighted by Crippen LogP contribution is -2.51. The molecule has 1 aromatic heterocycles. The number of hydrogen-bond donors (Lipinski definition) is 1. The Bertz CT molecular complexity index is 1450. The molecule has 0 aliphatic carbocycles. The highest BCUT2D eigenvalue weighted by Gasteiger charge is 2.30. The largest absolute Gasteiger partial charge is 0.488 e. The second kappa shape index (κ2) is 13.1. The zero-order chi connectivity index (χ0) is 30.7. The van der Waals surface area contributed by atoms with Gasteiger partial charge < -0.3 is 19.6 Å². The number of amides is 1. The molecule has 0 bridgehead atoms. The summed E-state index contributed by atoms with van der Waals surface area (Å²) in [6.45, 7) is 16.3. The van der Waals surface area contributed by atoms with Gasteiger partial charge in [-0.1, -0.05) is 50.6 Å². The predicted molar refractivity (Wildman–Crippen MR) is 172 cm³/mol. The van der Waals surface area contributed by atoms with Crippen molar-refractivity contribution in [2.75, 3.05) is 44.2 Å². The number of rotatable bonds is 8. The highest BCUT2D eigenvalue weighted by Crippen LogP contribution is 2.36. The topological polar surface area (TPSA) is 86.2 Å². The molecule has 0 atom stereocenters. The van der Waals surface area contributed by atoms with Crippen molar-refractivity contribution in [2.45, 2.75) is 60.6 Å². The second-order valence-electron chi connectivity index (χ2n) is 13.0. The number of benzene rings is 2. The zero-order valence-corrected chi connectivity index (χ0v) is 26.9. The number of aryl methyl sites for hydroxylation is 2. The van der Waals surface area contributed by atoms with Crippen LogP contribution in [0.2, 0.25) is 0 Å². The summed E-state index contributed by atoms with van der Waals surface area (Å²) in [7, 11) is 0. The van der Waals surface area contributed by atoms with Crippen LogP contribution in [0.25, 0.3) is 11.3 Å². The normalized spacial score (nSPS) is 16.9. The van der Waals surface area contributed by atoms with Crippen molar-refractivity contribution in [3.8, 4) is 17.0 Å². The number of thiazole rings is 1. The number of aliphatic carboxylic acids is 1. The van der Waals surface area contributed by atoms with E-state index in [0.717, 1.165) is 66.0 Å². The Morgan fingerprint density at radius 1 is 1.00 bits per heavy atom. The summed E-state index contributed by atoms with van der Waals surface area (Å²) in [6, 6.07) is 12.8. The van der Waals surface area contributed by atoms with Gasteiger partial charge in [-0.25, -0.2) is 4.98 Å². The minimum absolute atomic E-state index is 0.233. The molecule has 2 aliphatic heterocycles. The van der Waals surface area contributed by atoms with Gasteiger partial charge in [-0.3, -0.25) is 14.5 Å². The van der Waals surface area contributed by atoms with Crippen molar-refractivity contribution in [1.82, 2.24) is 14.8 Å². The van der Waals surface area contributed by atoms with Gasteiger partial charge in [0.2, 0.25) is 5.91 Å². The molecule has 43 heavy (non-hydrogen) atoms. The first-order valence-corrected chi connectivity index (χ1v) is 16.1. The number of piperazine rings is 1. The van der Waals surface area contributed by atoms with E-state index in [9.17, 15) is 14.7 Å². The van der Waals surface area contributed by atoms with Gasteiger partial charge in [0, 0.05) is 62.2 Å². The predicted octanol–water partition coefficient (Wildman–Crippen LogP) is 6.00. The third-order valence-corrected chi connectivity index (χ3v) is 9.42. The van der Waals surface area contributed by atoms with Gasteiger partial charge in [0.1, 0.15) is 12.4 Å². The highest BCUT2D eigenvalue weighted by molar-refractivity contribution is 7.14. The maximum atomic E-state index is 12.6. The molecule has 0 unspecified atom stereocenters. The Morgan fingerprint density at radius 3 is 2.37 bits per heavy atom. The molecular formula is C34H44N4O4S. The van der Waals surface area contributed by atoms with Gasteiger partial charge in [0.15, 0.2) is 5.13 Å². The first kappa shape index (κ1) is 31.0. The molecule has 1 amide bonds. The van der Waals surface area contributed by atoms with Gasteiger partial charge in [-0.2, -0.15) is 0 Å². The lowest BCUT2D eigenvalue weighted by Gasteiger charge is -2.37. The van der Waals surface area contributed by atoms with Gasteiger partial charge in [0.05, 0.1) is 11.6 Å². The molecule has 9 heteroatoms. The van der Waals surface area contributed by atoms with E-state index in [0.29, 0.717) is 32.5 Å². The van der Waals surface area contributed by atoms with Crippen LogP contribution >= 0.6 is 11.3 Å². The van der Waals surface area contributed by atoms with Crippen LogP contribution in [0.15, 0.2) is 41.8 Å². The highest BCUT2D eigenvalue weighted by atomic mass is 32.1. The van der Waals surface area contributed by atoms with Crippen LogP contribution in [0.3, 0.4) is 0 Å². The SMILES string of the molecule is Cc1ccc(OCc2ccc(CN3CCN(C(=O)C(C)(C)C)CC3)cc2C)c(-c2csc(N3CCC(C(=O)O)CC3)n2)c1. The number of carbonyl (C=O) groups is 2. The summed E-state index contributed by atoms with van der Waals surface area (Å²) in [4.78, 5) is 35.5. The molecule has 1 N–H and O–H groups in total. The van der Waals surface area contributed by atoms with Crippen LogP contribution < -0.4 is 9.64 Å². The van der Waals surface area contributed by atoms with E-state index >= 15 is 0 Å². The number of carboxylic acid groups (broad SMARTS) is 1. The molecule has 2 aromatic carbocycles. The summed E-state index contributed by atoms with van der Waals surface area (Å²) in [5.74, 6) is 0.0796. The van der Waals surface area contributed by atoms with Gasteiger partial charge >= 0.3 is 5.97 Å². The fourth-order valence-corrected chi connectivity index (χ4v) is 6.72. The van der Waals surface area contributed by atoms with Crippen LogP contribution in [0.5, 0.6) is 5.75 Å². The van der Waals surface area contributed by atoms with Gasteiger partial charge in [-0.15, -0.1) is 11.3 Å². The van der Waals surface area contributed by atoms with Crippen LogP contribution in [-0.2, 0) is 22.7 Å². The van der Waals surface area contributed by atoms with Gasteiger partial charge in [0.25, 0.3) is 0 Å². The summed E-state index contributed by atoms with van der Waals surface area (Å²) < 4.78 is 6.40. The summed E-state index contributed by atoms with van der Waals surface area (Å²) in [5, 5.41) is 12.3. The average Bonchev–Trinajstić information content (AvgIpc) is 3.47. The summed E-state index contributed by atoms with van der Waals surface area (Å²) in [6.07, 6.45) is 1.30. The number of carboxylic acids is 1. The van der Waals surface area contributed by atoms with Crippen molar-refractivity contribution < 1.29 is 19.4 Å². The molecule has 3 aromatic rings. The van der Waals surface area contributed by atoms with Crippen molar-refractivity contribution >= 4 is 28.3 Å². The Hall–Kier alpha value is -3.43. The maximum Gasteiger partial charge on any atom is 0.306 e. The molecule has 0 spiro atoms. The van der Waals surface area contributed by atoms with E-state index in [4.69, 9.17) is 9.72 Å². The fourth-order valence-electron chi connectivity index (χ4n) is 5.84. The lowest BCUT2D eigenvalue weighted by atomic mass is 9.94. The standard InChI is InChI=1S/C34H44N4O4S/c1-23-6-9-30(28(18-23)29-22-43-33(35-29)38-12-10-26(11-13-38)31(39)40)42-21-27-8-7-25(19-24(27)2)20-36-14-16-37(17-15-36)32(41)34(3,4)5/h6-9,18-19,22,26H,10-17,20-21H2,1-5H3,(H,39,40). The molecule has 2 aliphatic rings. The second-order valence-corrected chi connectivity index (χ2v) is 13.8. The molecule has 0 radical (unpaired) electrons. The number of ether oxygens (including phenoxy) is 1. The van der Waals surface area contributed by atoms with Crippen LogP contribution in [-0.4, -0.2) is 71.0 Å². The first-order chi connectivity index (χ1) is 20.5. The number of carbonyl (C=O) groups excluding carboxylic acids is 1. The molecule has 2 fully saturated rings. The lowest BCUT2D eigenvalue weighted by molar-refractivity contribution is -0.142. The molecule has 230 valence electrons. The molecule has 2 saturated heterocycles. The molecule has 0 saturated carbocycles. The average molecular weight is 605 g/mol. The molecule has 8 nitrogen and oxygen atoms in total. The number of hydrogen-bond acceptors (Lipinski definition) is 7. The molecule has 3 heterocycles. The molecular weight excluding hydrogens is 560 g/mol. The minimum atomic E-state index is -0.699.